The number of aliphatic hydroxyl groups is 1. The van der Waals surface area contributed by atoms with Crippen molar-refractivity contribution in [1.82, 2.24) is 14.9 Å². The van der Waals surface area contributed by atoms with E-state index in [2.05, 4.69) is 10.3 Å². The number of imidazole rings is 1. The predicted molar refractivity (Wildman–Crippen MR) is 79.2 cm³/mol. The van der Waals surface area contributed by atoms with E-state index in [1.54, 1.807) is 17.1 Å². The average Bonchev–Trinajstić information content (AvgIpc) is 3.14. The molecule has 0 bridgehead atoms. The van der Waals surface area contributed by atoms with E-state index in [0.717, 1.165) is 24.9 Å². The summed E-state index contributed by atoms with van der Waals surface area (Å²) < 4.78 is 1.78. The van der Waals surface area contributed by atoms with Crippen LogP contribution in [0.4, 0.5) is 0 Å². The summed E-state index contributed by atoms with van der Waals surface area (Å²) >= 11 is 0. The second kappa shape index (κ2) is 6.10. The second-order valence-electron chi connectivity index (χ2n) is 5.53. The van der Waals surface area contributed by atoms with E-state index in [1.807, 2.05) is 30.3 Å². The van der Waals surface area contributed by atoms with Gasteiger partial charge in [0.25, 0.3) is 5.91 Å². The number of amides is 1. The summed E-state index contributed by atoms with van der Waals surface area (Å²) in [6.07, 6.45) is 5.59. The summed E-state index contributed by atoms with van der Waals surface area (Å²) in [5, 5.41) is 12.5. The molecular formula is C16H19N3O2. The smallest absolute Gasteiger partial charge is 0.269 e. The number of hydrogen-bond acceptors (Lipinski definition) is 3. The van der Waals surface area contributed by atoms with E-state index in [0.29, 0.717) is 18.2 Å². The zero-order valence-electron chi connectivity index (χ0n) is 11.8. The number of aliphatic hydroxyl groups excluding tert-OH is 1. The van der Waals surface area contributed by atoms with Crippen LogP contribution in [-0.4, -0.2) is 33.2 Å². The molecule has 1 aromatic carbocycles. The minimum Gasteiger partial charge on any atom is -0.393 e. The van der Waals surface area contributed by atoms with Crippen LogP contribution in [0, 0.1) is 5.92 Å². The summed E-state index contributed by atoms with van der Waals surface area (Å²) in [7, 11) is 0. The van der Waals surface area contributed by atoms with Gasteiger partial charge in [-0.15, -0.1) is 0 Å². The van der Waals surface area contributed by atoms with Crippen molar-refractivity contribution in [2.24, 2.45) is 5.92 Å². The Hall–Kier alpha value is -2.14. The first-order chi connectivity index (χ1) is 10.2. The first-order valence-electron chi connectivity index (χ1n) is 7.28. The summed E-state index contributed by atoms with van der Waals surface area (Å²) in [4.78, 5) is 16.4. The first kappa shape index (κ1) is 13.8. The average molecular weight is 285 g/mol. The molecule has 2 N–H and O–H groups in total. The number of nitrogens with zero attached hydrogens (tertiary/aromatic N) is 2. The number of rotatable bonds is 4. The lowest BCUT2D eigenvalue weighted by Gasteiger charge is -2.12. The topological polar surface area (TPSA) is 67.2 Å². The molecule has 1 aliphatic carbocycles. The van der Waals surface area contributed by atoms with E-state index in [1.165, 1.54) is 0 Å². The highest BCUT2D eigenvalue weighted by Crippen LogP contribution is 2.24. The molecule has 110 valence electrons. The number of carbonyl (C=O) groups is 1. The highest BCUT2D eigenvalue weighted by molar-refractivity contribution is 5.93. The third kappa shape index (κ3) is 3.13. The first-order valence-corrected chi connectivity index (χ1v) is 7.28. The minimum absolute atomic E-state index is 0.127. The third-order valence-electron chi connectivity index (χ3n) is 3.97. The second-order valence-corrected chi connectivity index (χ2v) is 5.53. The van der Waals surface area contributed by atoms with Crippen LogP contribution < -0.4 is 5.32 Å². The van der Waals surface area contributed by atoms with Crippen LogP contribution in [0.3, 0.4) is 0 Å². The molecule has 5 heteroatoms. The highest BCUT2D eigenvalue weighted by Gasteiger charge is 2.23. The molecule has 1 aliphatic rings. The fourth-order valence-corrected chi connectivity index (χ4v) is 2.82. The van der Waals surface area contributed by atoms with Gasteiger partial charge >= 0.3 is 0 Å². The van der Waals surface area contributed by atoms with E-state index in [4.69, 9.17) is 0 Å². The van der Waals surface area contributed by atoms with Gasteiger partial charge in [-0.1, -0.05) is 18.2 Å². The van der Waals surface area contributed by atoms with Crippen molar-refractivity contribution >= 4 is 5.91 Å². The van der Waals surface area contributed by atoms with E-state index >= 15 is 0 Å². The molecule has 0 radical (unpaired) electrons. The fraction of sp³-hybridized carbons (Fsp3) is 0.375. The molecule has 0 saturated heterocycles. The Morgan fingerprint density at radius 2 is 2.14 bits per heavy atom. The van der Waals surface area contributed by atoms with Gasteiger partial charge in [-0.25, -0.2) is 4.98 Å². The van der Waals surface area contributed by atoms with Gasteiger partial charge in [0.15, 0.2) is 0 Å². The van der Waals surface area contributed by atoms with Crippen LogP contribution in [0.15, 0.2) is 42.9 Å². The molecule has 1 heterocycles. The Bertz CT molecular complexity index is 609. The van der Waals surface area contributed by atoms with E-state index < -0.39 is 0 Å². The van der Waals surface area contributed by atoms with Crippen LogP contribution in [0.2, 0.25) is 0 Å². The molecule has 1 amide bonds. The van der Waals surface area contributed by atoms with Crippen molar-refractivity contribution in [3.8, 4) is 5.69 Å². The molecule has 21 heavy (non-hydrogen) atoms. The van der Waals surface area contributed by atoms with Crippen molar-refractivity contribution < 1.29 is 9.90 Å². The summed E-state index contributed by atoms with van der Waals surface area (Å²) in [5.41, 5.74) is 1.44. The monoisotopic (exact) mass is 285 g/mol. The lowest BCUT2D eigenvalue weighted by Crippen LogP contribution is -2.30. The lowest BCUT2D eigenvalue weighted by atomic mass is 10.1. The van der Waals surface area contributed by atoms with E-state index in [9.17, 15) is 9.90 Å². The van der Waals surface area contributed by atoms with Gasteiger partial charge in [-0.05, 0) is 37.3 Å². The third-order valence-corrected chi connectivity index (χ3v) is 3.97. The molecule has 5 nitrogen and oxygen atoms in total. The molecule has 2 unspecified atom stereocenters. The maximum atomic E-state index is 12.3. The number of nitrogens with one attached hydrogen (secondary N) is 1. The minimum atomic E-state index is -0.207. The molecule has 0 spiro atoms. The number of para-hydroxylation sites is 1. The van der Waals surface area contributed by atoms with Crippen molar-refractivity contribution in [1.29, 1.82) is 0 Å². The molecule has 1 fully saturated rings. The molecule has 1 saturated carbocycles. The van der Waals surface area contributed by atoms with Gasteiger partial charge in [0.05, 0.1) is 18.6 Å². The Kier molecular flexibility index (Phi) is 4.01. The summed E-state index contributed by atoms with van der Waals surface area (Å²) in [6.45, 7) is 0.607. The van der Waals surface area contributed by atoms with Gasteiger partial charge in [0.2, 0.25) is 0 Å². The Morgan fingerprint density at radius 3 is 2.86 bits per heavy atom. The van der Waals surface area contributed by atoms with Gasteiger partial charge < -0.3 is 10.4 Å². The highest BCUT2D eigenvalue weighted by atomic mass is 16.3. The summed E-state index contributed by atoms with van der Waals surface area (Å²) in [5.74, 6) is 0.245. The SMILES string of the molecule is O=C(NCC1CCC(O)C1)c1cncn1-c1ccccc1. The van der Waals surface area contributed by atoms with Crippen molar-refractivity contribution in [2.45, 2.75) is 25.4 Å². The number of carbonyl (C=O) groups excluding carboxylic acids is 1. The maximum Gasteiger partial charge on any atom is 0.269 e. The Labute approximate surface area is 123 Å². The quantitative estimate of drug-likeness (QED) is 0.899. The largest absolute Gasteiger partial charge is 0.393 e. The van der Waals surface area contributed by atoms with Crippen LogP contribution in [0.5, 0.6) is 0 Å². The number of benzene rings is 1. The fourth-order valence-electron chi connectivity index (χ4n) is 2.82. The predicted octanol–water partition coefficient (Wildman–Crippen LogP) is 1.76. The van der Waals surface area contributed by atoms with Gasteiger partial charge in [-0.2, -0.15) is 0 Å². The van der Waals surface area contributed by atoms with Crippen LogP contribution in [-0.2, 0) is 0 Å². The van der Waals surface area contributed by atoms with Crippen molar-refractivity contribution in [3.63, 3.8) is 0 Å². The standard InChI is InChI=1S/C16H19N3O2/c20-14-7-6-12(8-14)9-18-16(21)15-10-17-11-19(15)13-4-2-1-3-5-13/h1-5,10-12,14,20H,6-9H2,(H,18,21). The van der Waals surface area contributed by atoms with Crippen LogP contribution >= 0.6 is 0 Å². The zero-order valence-corrected chi connectivity index (χ0v) is 11.8. The Morgan fingerprint density at radius 1 is 1.33 bits per heavy atom. The number of hydrogen-bond donors (Lipinski definition) is 2. The maximum absolute atomic E-state index is 12.3. The molecule has 3 rings (SSSR count). The van der Waals surface area contributed by atoms with Gasteiger partial charge in [0.1, 0.15) is 5.69 Å². The lowest BCUT2D eigenvalue weighted by molar-refractivity contribution is 0.0938. The molecule has 2 atom stereocenters. The molecule has 1 aromatic heterocycles. The van der Waals surface area contributed by atoms with Gasteiger partial charge in [-0.3, -0.25) is 9.36 Å². The van der Waals surface area contributed by atoms with Crippen LogP contribution in [0.25, 0.3) is 5.69 Å². The molecule has 2 aromatic rings. The molecule has 0 aliphatic heterocycles. The zero-order chi connectivity index (χ0) is 14.7. The van der Waals surface area contributed by atoms with Gasteiger partial charge in [0, 0.05) is 12.2 Å². The van der Waals surface area contributed by atoms with E-state index in [-0.39, 0.29) is 12.0 Å². The molecular weight excluding hydrogens is 266 g/mol. The Balaban J connectivity index is 1.67. The summed E-state index contributed by atoms with van der Waals surface area (Å²) in [6, 6.07) is 9.66. The van der Waals surface area contributed by atoms with Crippen LogP contribution in [0.1, 0.15) is 29.8 Å². The number of aromatic nitrogens is 2. The van der Waals surface area contributed by atoms with Crippen molar-refractivity contribution in [3.05, 3.63) is 48.5 Å². The normalized spacial score (nSPS) is 21.4. The van der Waals surface area contributed by atoms with Crippen molar-refractivity contribution in [2.75, 3.05) is 6.54 Å².